The maximum Gasteiger partial charge on any atom is 0.191 e. The van der Waals surface area contributed by atoms with Crippen molar-refractivity contribution in [3.8, 4) is 0 Å². The zero-order chi connectivity index (χ0) is 19.2. The number of halogens is 1. The summed E-state index contributed by atoms with van der Waals surface area (Å²) >= 11 is 1.83. The molecule has 28 heavy (non-hydrogen) atoms. The van der Waals surface area contributed by atoms with Gasteiger partial charge in [-0.25, -0.2) is 0 Å². The number of aryl methyl sites for hydroxylation is 2. The van der Waals surface area contributed by atoms with E-state index in [4.69, 9.17) is 4.99 Å². The highest BCUT2D eigenvalue weighted by Gasteiger charge is 2.20. The Labute approximate surface area is 189 Å². The van der Waals surface area contributed by atoms with E-state index in [-0.39, 0.29) is 24.0 Å². The molecular weight excluding hydrogens is 483 g/mol. The molecule has 0 unspecified atom stereocenters. The van der Waals surface area contributed by atoms with Gasteiger partial charge in [0.15, 0.2) is 5.96 Å². The van der Waals surface area contributed by atoms with E-state index in [0.29, 0.717) is 6.04 Å². The first-order valence-electron chi connectivity index (χ1n) is 9.90. The molecule has 3 rings (SSSR count). The van der Waals surface area contributed by atoms with E-state index in [1.165, 1.54) is 16.3 Å². The van der Waals surface area contributed by atoms with Gasteiger partial charge >= 0.3 is 0 Å². The SMILES string of the molecule is CCNC(=NCCc1c(C)nn(C)c1C)NC1CCN(c2cccs2)CC1.I. The topological polar surface area (TPSA) is 57.5 Å². The molecule has 3 heterocycles. The number of hydrogen-bond donors (Lipinski definition) is 2. The molecule has 0 spiro atoms. The van der Waals surface area contributed by atoms with Gasteiger partial charge in [-0.1, -0.05) is 0 Å². The molecule has 8 heteroatoms. The molecule has 0 aromatic carbocycles. The molecule has 1 saturated heterocycles. The largest absolute Gasteiger partial charge is 0.363 e. The molecule has 156 valence electrons. The van der Waals surface area contributed by atoms with Crippen molar-refractivity contribution in [1.29, 1.82) is 0 Å². The molecule has 6 nitrogen and oxygen atoms in total. The summed E-state index contributed by atoms with van der Waals surface area (Å²) in [7, 11) is 2.00. The number of aliphatic imine (C=N–C) groups is 1. The number of nitrogens with one attached hydrogen (secondary N) is 2. The number of rotatable bonds is 6. The van der Waals surface area contributed by atoms with E-state index in [1.54, 1.807) is 0 Å². The van der Waals surface area contributed by atoms with Crippen LogP contribution in [0.5, 0.6) is 0 Å². The van der Waals surface area contributed by atoms with Gasteiger partial charge in [0.2, 0.25) is 0 Å². The molecule has 1 aliphatic heterocycles. The van der Waals surface area contributed by atoms with Crippen molar-refractivity contribution < 1.29 is 0 Å². The lowest BCUT2D eigenvalue weighted by Gasteiger charge is -2.33. The molecule has 2 N–H and O–H groups in total. The summed E-state index contributed by atoms with van der Waals surface area (Å²) in [5, 5.41) is 15.1. The summed E-state index contributed by atoms with van der Waals surface area (Å²) < 4.78 is 1.96. The average molecular weight is 516 g/mol. The molecule has 2 aromatic rings. The van der Waals surface area contributed by atoms with Crippen LogP contribution in [0.4, 0.5) is 5.00 Å². The minimum Gasteiger partial charge on any atom is -0.363 e. The number of anilines is 1. The van der Waals surface area contributed by atoms with Crippen molar-refractivity contribution in [2.24, 2.45) is 12.0 Å². The Hall–Kier alpha value is -1.29. The third-order valence-corrected chi connectivity index (χ3v) is 6.22. The second-order valence-corrected chi connectivity index (χ2v) is 8.07. The second kappa shape index (κ2) is 11.0. The molecule has 2 aromatic heterocycles. The first-order chi connectivity index (χ1) is 13.1. The third kappa shape index (κ3) is 5.85. The van der Waals surface area contributed by atoms with E-state index in [1.807, 2.05) is 23.1 Å². The van der Waals surface area contributed by atoms with Crippen molar-refractivity contribution in [2.75, 3.05) is 31.1 Å². The fourth-order valence-corrected chi connectivity index (χ4v) is 4.45. The summed E-state index contributed by atoms with van der Waals surface area (Å²) in [6, 6.07) is 4.83. The Morgan fingerprint density at radius 1 is 1.32 bits per heavy atom. The van der Waals surface area contributed by atoms with E-state index in [0.717, 1.165) is 57.1 Å². The summed E-state index contributed by atoms with van der Waals surface area (Å²) in [6.07, 6.45) is 3.21. The van der Waals surface area contributed by atoms with Crippen molar-refractivity contribution in [3.63, 3.8) is 0 Å². The van der Waals surface area contributed by atoms with Crippen LogP contribution in [0.2, 0.25) is 0 Å². The van der Waals surface area contributed by atoms with Crippen LogP contribution in [0.3, 0.4) is 0 Å². The van der Waals surface area contributed by atoms with Crippen molar-refractivity contribution in [2.45, 2.75) is 46.1 Å². The van der Waals surface area contributed by atoms with Crippen molar-refractivity contribution in [1.82, 2.24) is 20.4 Å². The molecule has 0 radical (unpaired) electrons. The molecule has 0 aliphatic carbocycles. The van der Waals surface area contributed by atoms with Gasteiger partial charge < -0.3 is 15.5 Å². The van der Waals surface area contributed by atoms with E-state index in [9.17, 15) is 0 Å². The van der Waals surface area contributed by atoms with Gasteiger partial charge in [0.25, 0.3) is 0 Å². The zero-order valence-corrected chi connectivity index (χ0v) is 20.5. The van der Waals surface area contributed by atoms with Crippen LogP contribution < -0.4 is 15.5 Å². The Kier molecular flexibility index (Phi) is 9.07. The van der Waals surface area contributed by atoms with E-state index < -0.39 is 0 Å². The Bertz CT molecular complexity index is 747. The number of aromatic nitrogens is 2. The summed E-state index contributed by atoms with van der Waals surface area (Å²) in [5.74, 6) is 0.936. The van der Waals surface area contributed by atoms with Gasteiger partial charge in [0, 0.05) is 45.0 Å². The highest BCUT2D eigenvalue weighted by atomic mass is 127. The Morgan fingerprint density at radius 3 is 2.64 bits per heavy atom. The molecule has 0 atom stereocenters. The number of hydrogen-bond acceptors (Lipinski definition) is 4. The van der Waals surface area contributed by atoms with Gasteiger partial charge in [0.05, 0.1) is 10.7 Å². The Morgan fingerprint density at radius 2 is 2.07 bits per heavy atom. The van der Waals surface area contributed by atoms with Crippen LogP contribution >= 0.6 is 35.3 Å². The molecule has 1 aliphatic rings. The normalized spacial score (nSPS) is 15.4. The summed E-state index contributed by atoms with van der Waals surface area (Å²) in [5.41, 5.74) is 3.67. The lowest BCUT2D eigenvalue weighted by molar-refractivity contribution is 0.463. The predicted molar refractivity (Wildman–Crippen MR) is 130 cm³/mol. The van der Waals surface area contributed by atoms with Gasteiger partial charge in [0.1, 0.15) is 0 Å². The minimum atomic E-state index is 0. The van der Waals surface area contributed by atoms with Crippen molar-refractivity contribution >= 4 is 46.3 Å². The van der Waals surface area contributed by atoms with Crippen LogP contribution in [0.1, 0.15) is 36.7 Å². The van der Waals surface area contributed by atoms with Gasteiger partial charge in [-0.05, 0) is 63.1 Å². The standard InChI is InChI=1S/C20H32N6S.HI/c1-5-21-20(22-11-8-18-15(2)24-25(4)16(18)3)23-17-9-12-26(13-10-17)19-7-6-14-27-19;/h6-7,14,17H,5,8-13H2,1-4H3,(H2,21,22,23);1H. The monoisotopic (exact) mass is 516 g/mol. The summed E-state index contributed by atoms with van der Waals surface area (Å²) in [6.45, 7) is 10.2. The van der Waals surface area contributed by atoms with E-state index >= 15 is 0 Å². The lowest BCUT2D eigenvalue weighted by Crippen LogP contribution is -2.48. The van der Waals surface area contributed by atoms with Gasteiger partial charge in [-0.3, -0.25) is 9.67 Å². The number of nitrogens with zero attached hydrogens (tertiary/aromatic N) is 4. The first kappa shape index (κ1) is 23.0. The fourth-order valence-electron chi connectivity index (χ4n) is 3.67. The van der Waals surface area contributed by atoms with Crippen LogP contribution in [0.25, 0.3) is 0 Å². The minimum absolute atomic E-state index is 0. The van der Waals surface area contributed by atoms with Crippen molar-refractivity contribution in [3.05, 3.63) is 34.5 Å². The second-order valence-electron chi connectivity index (χ2n) is 7.14. The number of thiophene rings is 1. The van der Waals surface area contributed by atoms with Crippen LogP contribution in [0.15, 0.2) is 22.5 Å². The Balaban J connectivity index is 0.00000280. The molecule has 0 saturated carbocycles. The fraction of sp³-hybridized carbons (Fsp3) is 0.600. The van der Waals surface area contributed by atoms with Crippen LogP contribution in [-0.2, 0) is 13.5 Å². The lowest BCUT2D eigenvalue weighted by atomic mass is 10.1. The number of guanidine groups is 1. The molecule has 1 fully saturated rings. The van der Waals surface area contributed by atoms with Crippen LogP contribution in [0, 0.1) is 13.8 Å². The highest BCUT2D eigenvalue weighted by molar-refractivity contribution is 14.0. The molecular formula is C20H33IN6S. The molecule has 0 bridgehead atoms. The highest BCUT2D eigenvalue weighted by Crippen LogP contribution is 2.24. The van der Waals surface area contributed by atoms with Gasteiger partial charge in [-0.15, -0.1) is 35.3 Å². The van der Waals surface area contributed by atoms with Gasteiger partial charge in [-0.2, -0.15) is 5.10 Å². The average Bonchev–Trinajstić information content (AvgIpc) is 3.27. The van der Waals surface area contributed by atoms with Crippen LogP contribution in [-0.4, -0.2) is 48.0 Å². The maximum absolute atomic E-state index is 4.81. The first-order valence-corrected chi connectivity index (χ1v) is 10.8. The third-order valence-electron chi connectivity index (χ3n) is 5.29. The maximum atomic E-state index is 4.81. The number of piperidine rings is 1. The molecule has 0 amide bonds. The smallest absolute Gasteiger partial charge is 0.191 e. The zero-order valence-electron chi connectivity index (χ0n) is 17.4. The summed E-state index contributed by atoms with van der Waals surface area (Å²) in [4.78, 5) is 7.30. The van der Waals surface area contributed by atoms with E-state index in [2.05, 4.69) is 58.9 Å². The quantitative estimate of drug-likeness (QED) is 0.351. The predicted octanol–water partition coefficient (Wildman–Crippen LogP) is 3.48.